The molecule has 1 aliphatic rings. The number of amides is 1. The Balaban J connectivity index is 2.45. The van der Waals surface area contributed by atoms with Gasteiger partial charge in [-0.25, -0.2) is 0 Å². The monoisotopic (exact) mass is 270 g/mol. The molecule has 0 aromatic carbocycles. The summed E-state index contributed by atoms with van der Waals surface area (Å²) >= 11 is 0. The summed E-state index contributed by atoms with van der Waals surface area (Å²) in [5, 5.41) is 12.3. The molecule has 0 aliphatic carbocycles. The highest BCUT2D eigenvalue weighted by Gasteiger charge is 2.25. The largest absolute Gasteiger partial charge is 0.396 e. The van der Waals surface area contributed by atoms with Crippen molar-refractivity contribution < 1.29 is 9.90 Å². The van der Waals surface area contributed by atoms with Gasteiger partial charge in [-0.2, -0.15) is 0 Å². The molecule has 112 valence electrons. The minimum Gasteiger partial charge on any atom is -0.396 e. The van der Waals surface area contributed by atoms with E-state index in [1.807, 2.05) is 18.7 Å². The number of nitrogens with zero attached hydrogens (tertiary/aromatic N) is 1. The lowest BCUT2D eigenvalue weighted by Gasteiger charge is -2.31. The van der Waals surface area contributed by atoms with Crippen LogP contribution >= 0.6 is 0 Å². The fourth-order valence-electron chi connectivity index (χ4n) is 2.84. The van der Waals surface area contributed by atoms with Crippen molar-refractivity contribution in [2.45, 2.75) is 52.5 Å². The van der Waals surface area contributed by atoms with E-state index >= 15 is 0 Å². The van der Waals surface area contributed by atoms with Crippen molar-refractivity contribution in [3.63, 3.8) is 0 Å². The Morgan fingerprint density at radius 2 is 2.16 bits per heavy atom. The Labute approximate surface area is 117 Å². The summed E-state index contributed by atoms with van der Waals surface area (Å²) in [5.41, 5.74) is 0. The summed E-state index contributed by atoms with van der Waals surface area (Å²) in [6.07, 6.45) is 3.76. The lowest BCUT2D eigenvalue weighted by atomic mass is 9.85. The number of piperidine rings is 1. The number of nitrogens with one attached hydrogen (secondary N) is 1. The fraction of sp³-hybridized carbons (Fsp3) is 0.933. The lowest BCUT2D eigenvalue weighted by molar-refractivity contribution is -0.134. The van der Waals surface area contributed by atoms with Crippen LogP contribution in [0.3, 0.4) is 0 Å². The van der Waals surface area contributed by atoms with E-state index in [2.05, 4.69) is 12.2 Å². The second-order valence-corrected chi connectivity index (χ2v) is 6.05. The molecule has 2 N–H and O–H groups in total. The van der Waals surface area contributed by atoms with Crippen molar-refractivity contribution in [3.05, 3.63) is 0 Å². The molecule has 19 heavy (non-hydrogen) atoms. The molecule has 1 saturated heterocycles. The second kappa shape index (κ2) is 8.54. The smallest absolute Gasteiger partial charge is 0.223 e. The first kappa shape index (κ1) is 16.4. The predicted molar refractivity (Wildman–Crippen MR) is 77.9 cm³/mol. The molecule has 4 heteroatoms. The maximum atomic E-state index is 12.4. The van der Waals surface area contributed by atoms with Crippen LogP contribution in [0.15, 0.2) is 0 Å². The topological polar surface area (TPSA) is 52.6 Å². The average molecular weight is 270 g/mol. The molecule has 0 spiro atoms. The zero-order valence-electron chi connectivity index (χ0n) is 12.7. The molecular weight excluding hydrogens is 240 g/mol. The molecule has 1 rings (SSSR count). The molecule has 0 radical (unpaired) electrons. The highest BCUT2D eigenvalue weighted by Crippen LogP contribution is 2.23. The molecule has 4 nitrogen and oxygen atoms in total. The van der Waals surface area contributed by atoms with Gasteiger partial charge in [-0.3, -0.25) is 4.79 Å². The summed E-state index contributed by atoms with van der Waals surface area (Å²) in [6, 6.07) is 0.218. The van der Waals surface area contributed by atoms with E-state index in [0.717, 1.165) is 13.1 Å². The Bertz CT molecular complexity index is 263. The van der Waals surface area contributed by atoms with Crippen LogP contribution in [0.4, 0.5) is 0 Å². The molecule has 1 fully saturated rings. The van der Waals surface area contributed by atoms with Crippen LogP contribution in [-0.2, 0) is 4.79 Å². The Kier molecular flexibility index (Phi) is 7.39. The van der Waals surface area contributed by atoms with Crippen molar-refractivity contribution >= 4 is 5.91 Å². The first-order chi connectivity index (χ1) is 9.06. The van der Waals surface area contributed by atoms with Gasteiger partial charge >= 0.3 is 0 Å². The molecule has 0 aromatic rings. The Morgan fingerprint density at radius 3 is 2.68 bits per heavy atom. The summed E-state index contributed by atoms with van der Waals surface area (Å²) in [7, 11) is 0. The molecule has 0 aromatic heterocycles. The highest BCUT2D eigenvalue weighted by molar-refractivity contribution is 5.76. The van der Waals surface area contributed by atoms with E-state index in [4.69, 9.17) is 5.11 Å². The van der Waals surface area contributed by atoms with Crippen LogP contribution < -0.4 is 5.32 Å². The van der Waals surface area contributed by atoms with Gasteiger partial charge in [-0.05, 0) is 58.0 Å². The SMILES string of the molecule is CC(CC(=O)N(CCCO)C(C)C)C1CCCNC1. The third-order valence-corrected chi connectivity index (χ3v) is 4.14. The number of hydrogen-bond donors (Lipinski definition) is 2. The average Bonchev–Trinajstić information content (AvgIpc) is 2.39. The maximum absolute atomic E-state index is 12.4. The van der Waals surface area contributed by atoms with Crippen molar-refractivity contribution in [2.24, 2.45) is 11.8 Å². The minimum absolute atomic E-state index is 0.151. The molecule has 1 amide bonds. The molecular formula is C15H30N2O2. The third-order valence-electron chi connectivity index (χ3n) is 4.14. The van der Waals surface area contributed by atoms with Gasteiger partial charge in [-0.1, -0.05) is 6.92 Å². The highest BCUT2D eigenvalue weighted by atomic mass is 16.3. The van der Waals surface area contributed by atoms with Crippen LogP contribution in [0.25, 0.3) is 0 Å². The van der Waals surface area contributed by atoms with Gasteiger partial charge in [0.2, 0.25) is 5.91 Å². The summed E-state index contributed by atoms with van der Waals surface area (Å²) in [6.45, 7) is 9.27. The molecule has 1 heterocycles. The van der Waals surface area contributed by atoms with Crippen molar-refractivity contribution in [1.29, 1.82) is 0 Å². The van der Waals surface area contributed by atoms with Crippen molar-refractivity contribution in [2.75, 3.05) is 26.2 Å². The van der Waals surface area contributed by atoms with Crippen molar-refractivity contribution in [1.82, 2.24) is 10.2 Å². The Morgan fingerprint density at radius 1 is 1.42 bits per heavy atom. The van der Waals surface area contributed by atoms with E-state index in [9.17, 15) is 4.79 Å². The molecule has 2 unspecified atom stereocenters. The number of hydrogen-bond acceptors (Lipinski definition) is 3. The van der Waals surface area contributed by atoms with Gasteiger partial charge in [0.15, 0.2) is 0 Å². The maximum Gasteiger partial charge on any atom is 0.223 e. The summed E-state index contributed by atoms with van der Waals surface area (Å²) < 4.78 is 0. The van der Waals surface area contributed by atoms with Crippen LogP contribution in [-0.4, -0.2) is 48.2 Å². The van der Waals surface area contributed by atoms with Gasteiger partial charge in [0.1, 0.15) is 0 Å². The van der Waals surface area contributed by atoms with E-state index < -0.39 is 0 Å². The number of aliphatic hydroxyl groups is 1. The van der Waals surface area contributed by atoms with E-state index in [-0.39, 0.29) is 18.6 Å². The zero-order valence-corrected chi connectivity index (χ0v) is 12.7. The number of rotatable bonds is 7. The van der Waals surface area contributed by atoms with E-state index in [1.165, 1.54) is 12.8 Å². The van der Waals surface area contributed by atoms with Crippen LogP contribution in [0.1, 0.15) is 46.5 Å². The fourth-order valence-corrected chi connectivity index (χ4v) is 2.84. The quantitative estimate of drug-likeness (QED) is 0.739. The normalized spacial score (nSPS) is 21.4. The summed E-state index contributed by atoms with van der Waals surface area (Å²) in [4.78, 5) is 14.3. The van der Waals surface area contributed by atoms with Crippen LogP contribution in [0, 0.1) is 11.8 Å². The van der Waals surface area contributed by atoms with Gasteiger partial charge in [0, 0.05) is 25.6 Å². The molecule has 0 saturated carbocycles. The number of carbonyl (C=O) groups is 1. The van der Waals surface area contributed by atoms with Crippen molar-refractivity contribution in [3.8, 4) is 0 Å². The second-order valence-electron chi connectivity index (χ2n) is 6.05. The first-order valence-corrected chi connectivity index (χ1v) is 7.67. The number of aliphatic hydroxyl groups excluding tert-OH is 1. The van der Waals surface area contributed by atoms with Gasteiger partial charge < -0.3 is 15.3 Å². The molecule has 1 aliphatic heterocycles. The van der Waals surface area contributed by atoms with E-state index in [1.54, 1.807) is 0 Å². The Hall–Kier alpha value is -0.610. The van der Waals surface area contributed by atoms with Crippen LogP contribution in [0.2, 0.25) is 0 Å². The van der Waals surface area contributed by atoms with Gasteiger partial charge in [-0.15, -0.1) is 0 Å². The number of carbonyl (C=O) groups excluding carboxylic acids is 1. The van der Waals surface area contributed by atoms with Crippen LogP contribution in [0.5, 0.6) is 0 Å². The minimum atomic E-state index is 0.151. The van der Waals surface area contributed by atoms with E-state index in [0.29, 0.717) is 31.2 Å². The van der Waals surface area contributed by atoms with Gasteiger partial charge in [0.05, 0.1) is 0 Å². The lowest BCUT2D eigenvalue weighted by Crippen LogP contribution is -2.40. The third kappa shape index (κ3) is 5.49. The van der Waals surface area contributed by atoms with Gasteiger partial charge in [0.25, 0.3) is 0 Å². The molecule has 2 atom stereocenters. The molecule has 0 bridgehead atoms. The standard InChI is InChI=1S/C15H30N2O2/c1-12(2)17(8-5-9-18)15(19)10-13(3)14-6-4-7-16-11-14/h12-14,16,18H,4-11H2,1-3H3. The predicted octanol–water partition coefficient (Wildman–Crippen LogP) is 1.63. The summed E-state index contributed by atoms with van der Waals surface area (Å²) in [5.74, 6) is 1.31. The first-order valence-electron chi connectivity index (χ1n) is 7.67. The zero-order chi connectivity index (χ0) is 14.3.